The van der Waals surface area contributed by atoms with E-state index in [1.165, 1.54) is 4.90 Å². The number of amides is 2. The van der Waals surface area contributed by atoms with E-state index < -0.39 is 0 Å². The van der Waals surface area contributed by atoms with Crippen LogP contribution in [0.2, 0.25) is 5.02 Å². The lowest BCUT2D eigenvalue weighted by molar-refractivity contribution is -0.123. The number of halogens is 1. The lowest BCUT2D eigenvalue weighted by Crippen LogP contribution is -2.27. The van der Waals surface area contributed by atoms with Crippen LogP contribution in [0, 0.1) is 0 Å². The van der Waals surface area contributed by atoms with Crippen molar-refractivity contribution in [3.8, 4) is 11.5 Å². The molecule has 2 amide bonds. The Balaban J connectivity index is 1.79. The van der Waals surface area contributed by atoms with Gasteiger partial charge < -0.3 is 9.47 Å². The lowest BCUT2D eigenvalue weighted by atomic mass is 10.1. The summed E-state index contributed by atoms with van der Waals surface area (Å²) in [6, 6.07) is 12.7. The highest BCUT2D eigenvalue weighted by molar-refractivity contribution is 8.18. The number of ether oxygens (including phenoxy) is 2. The Bertz CT molecular complexity index is 960. The molecule has 0 saturated carbocycles. The van der Waals surface area contributed by atoms with E-state index in [1.807, 2.05) is 37.3 Å². The molecule has 1 fully saturated rings. The number of unbranched alkanes of at least 4 members (excludes halogenated alkanes) is 1. The predicted octanol–water partition coefficient (Wildman–Crippen LogP) is 6.15. The summed E-state index contributed by atoms with van der Waals surface area (Å²) >= 11 is 7.10. The van der Waals surface area contributed by atoms with Gasteiger partial charge in [0, 0.05) is 5.02 Å². The van der Waals surface area contributed by atoms with Gasteiger partial charge in [0.25, 0.3) is 11.1 Å². The molecule has 1 aliphatic rings. The SMILES string of the molecule is CCCCOc1ccc(/C=C2\SC(=O)N(Cc3ccccc3Cl)C2=O)cc1OCC. The van der Waals surface area contributed by atoms with Gasteiger partial charge in [-0.1, -0.05) is 49.2 Å². The number of nitrogens with zero attached hydrogens (tertiary/aromatic N) is 1. The second-order valence-electron chi connectivity index (χ2n) is 6.70. The molecule has 0 radical (unpaired) electrons. The van der Waals surface area contributed by atoms with E-state index in [2.05, 4.69) is 6.92 Å². The van der Waals surface area contributed by atoms with Crippen LogP contribution in [-0.4, -0.2) is 29.3 Å². The van der Waals surface area contributed by atoms with Gasteiger partial charge in [0.2, 0.25) is 0 Å². The van der Waals surface area contributed by atoms with Crippen molar-refractivity contribution in [1.82, 2.24) is 4.90 Å². The minimum atomic E-state index is -0.328. The van der Waals surface area contributed by atoms with Crippen molar-refractivity contribution in [2.24, 2.45) is 0 Å². The molecule has 0 N–H and O–H groups in total. The summed E-state index contributed by atoms with van der Waals surface area (Å²) in [6.45, 7) is 5.28. The zero-order valence-corrected chi connectivity index (χ0v) is 18.6. The van der Waals surface area contributed by atoms with Gasteiger partial charge in [-0.15, -0.1) is 0 Å². The molecule has 0 bridgehead atoms. The molecule has 3 rings (SSSR count). The third-order valence-corrected chi connectivity index (χ3v) is 5.76. The Morgan fingerprint density at radius 1 is 1.07 bits per heavy atom. The van der Waals surface area contributed by atoms with Crippen LogP contribution in [0.1, 0.15) is 37.8 Å². The Hall–Kier alpha value is -2.44. The second kappa shape index (κ2) is 10.5. The molecule has 7 heteroatoms. The minimum Gasteiger partial charge on any atom is -0.490 e. The van der Waals surface area contributed by atoms with Gasteiger partial charge in [0.15, 0.2) is 11.5 Å². The van der Waals surface area contributed by atoms with E-state index in [-0.39, 0.29) is 17.7 Å². The van der Waals surface area contributed by atoms with Crippen LogP contribution >= 0.6 is 23.4 Å². The van der Waals surface area contributed by atoms with Gasteiger partial charge in [-0.2, -0.15) is 0 Å². The highest BCUT2D eigenvalue weighted by atomic mass is 35.5. The summed E-state index contributed by atoms with van der Waals surface area (Å²) in [5.74, 6) is 0.970. The molecule has 1 aliphatic heterocycles. The molecular formula is C23H24ClNO4S. The molecular weight excluding hydrogens is 422 g/mol. The zero-order valence-electron chi connectivity index (χ0n) is 17.0. The molecule has 0 aromatic heterocycles. The summed E-state index contributed by atoms with van der Waals surface area (Å²) in [5, 5.41) is 0.219. The fourth-order valence-corrected chi connectivity index (χ4v) is 3.95. The van der Waals surface area contributed by atoms with Gasteiger partial charge in [-0.05, 0) is 60.5 Å². The number of hydrogen-bond donors (Lipinski definition) is 0. The molecule has 2 aromatic rings. The van der Waals surface area contributed by atoms with Crippen LogP contribution in [0.25, 0.3) is 6.08 Å². The second-order valence-corrected chi connectivity index (χ2v) is 8.10. The summed E-state index contributed by atoms with van der Waals surface area (Å²) in [7, 11) is 0. The van der Waals surface area contributed by atoms with Crippen LogP contribution in [0.15, 0.2) is 47.4 Å². The first kappa shape index (κ1) is 22.2. The highest BCUT2D eigenvalue weighted by Crippen LogP contribution is 2.36. The molecule has 0 atom stereocenters. The maximum atomic E-state index is 12.8. The first-order valence-electron chi connectivity index (χ1n) is 9.92. The standard InChI is InChI=1S/C23H24ClNO4S/c1-3-5-12-29-19-11-10-16(13-20(19)28-4-2)14-21-22(26)25(23(27)30-21)15-17-8-6-7-9-18(17)24/h6-11,13-14H,3-5,12,15H2,1-2H3/b21-14-. The summed E-state index contributed by atoms with van der Waals surface area (Å²) in [5.41, 5.74) is 1.50. The number of hydrogen-bond acceptors (Lipinski definition) is 5. The van der Waals surface area contributed by atoms with Crippen molar-refractivity contribution in [2.45, 2.75) is 33.2 Å². The normalized spacial score (nSPS) is 15.2. The Kier molecular flexibility index (Phi) is 7.82. The minimum absolute atomic E-state index is 0.149. The van der Waals surface area contributed by atoms with Crippen LogP contribution in [0.3, 0.4) is 0 Å². The molecule has 1 heterocycles. The first-order chi connectivity index (χ1) is 14.5. The molecule has 0 unspecified atom stereocenters. The van der Waals surface area contributed by atoms with E-state index >= 15 is 0 Å². The van der Waals surface area contributed by atoms with Gasteiger partial charge in [0.05, 0.1) is 24.7 Å². The summed E-state index contributed by atoms with van der Waals surface area (Å²) in [4.78, 5) is 26.8. The first-order valence-corrected chi connectivity index (χ1v) is 11.1. The van der Waals surface area contributed by atoms with Crippen molar-refractivity contribution >= 4 is 40.6 Å². The Morgan fingerprint density at radius 3 is 2.60 bits per heavy atom. The van der Waals surface area contributed by atoms with Gasteiger partial charge in [-0.3, -0.25) is 14.5 Å². The smallest absolute Gasteiger partial charge is 0.293 e. The Labute approximate surface area is 186 Å². The third kappa shape index (κ3) is 5.37. The van der Waals surface area contributed by atoms with Crippen LogP contribution < -0.4 is 9.47 Å². The quantitative estimate of drug-likeness (QED) is 0.342. The Morgan fingerprint density at radius 2 is 1.87 bits per heavy atom. The van der Waals surface area contributed by atoms with E-state index in [9.17, 15) is 9.59 Å². The maximum absolute atomic E-state index is 12.8. The number of carbonyl (C=O) groups is 2. The maximum Gasteiger partial charge on any atom is 0.293 e. The van der Waals surface area contributed by atoms with E-state index in [0.29, 0.717) is 34.6 Å². The number of benzene rings is 2. The van der Waals surface area contributed by atoms with Crippen molar-refractivity contribution in [3.63, 3.8) is 0 Å². The largest absolute Gasteiger partial charge is 0.490 e. The number of imide groups is 1. The molecule has 0 aliphatic carbocycles. The van der Waals surface area contributed by atoms with Gasteiger partial charge >= 0.3 is 0 Å². The van der Waals surface area contributed by atoms with Crippen molar-refractivity contribution in [1.29, 1.82) is 0 Å². The summed E-state index contributed by atoms with van der Waals surface area (Å²) < 4.78 is 11.5. The fourth-order valence-electron chi connectivity index (χ4n) is 2.91. The molecule has 1 saturated heterocycles. The fraction of sp³-hybridized carbons (Fsp3) is 0.304. The van der Waals surface area contributed by atoms with E-state index in [4.69, 9.17) is 21.1 Å². The average Bonchev–Trinajstić information content (AvgIpc) is 2.99. The zero-order chi connectivity index (χ0) is 21.5. The molecule has 0 spiro atoms. The van der Waals surface area contributed by atoms with Crippen LogP contribution in [-0.2, 0) is 11.3 Å². The average molecular weight is 446 g/mol. The lowest BCUT2D eigenvalue weighted by Gasteiger charge is -2.13. The van der Waals surface area contributed by atoms with E-state index in [1.54, 1.807) is 18.2 Å². The van der Waals surface area contributed by atoms with E-state index in [0.717, 1.165) is 35.7 Å². The van der Waals surface area contributed by atoms with Crippen molar-refractivity contribution in [3.05, 3.63) is 63.5 Å². The molecule has 5 nitrogen and oxygen atoms in total. The third-order valence-electron chi connectivity index (χ3n) is 4.48. The number of rotatable bonds is 9. The highest BCUT2D eigenvalue weighted by Gasteiger charge is 2.35. The monoisotopic (exact) mass is 445 g/mol. The van der Waals surface area contributed by atoms with Crippen molar-refractivity contribution < 1.29 is 19.1 Å². The molecule has 158 valence electrons. The van der Waals surface area contributed by atoms with Crippen LogP contribution in [0.4, 0.5) is 4.79 Å². The predicted molar refractivity (Wildman–Crippen MR) is 121 cm³/mol. The molecule has 30 heavy (non-hydrogen) atoms. The number of carbonyl (C=O) groups excluding carboxylic acids is 2. The topological polar surface area (TPSA) is 55.8 Å². The van der Waals surface area contributed by atoms with Gasteiger partial charge in [0.1, 0.15) is 0 Å². The number of thioether (sulfide) groups is 1. The van der Waals surface area contributed by atoms with Crippen LogP contribution in [0.5, 0.6) is 11.5 Å². The van der Waals surface area contributed by atoms with Gasteiger partial charge in [-0.25, -0.2) is 0 Å². The molecule has 2 aromatic carbocycles. The summed E-state index contributed by atoms with van der Waals surface area (Å²) in [6.07, 6.45) is 3.72. The van der Waals surface area contributed by atoms with Crippen molar-refractivity contribution in [2.75, 3.05) is 13.2 Å².